The van der Waals surface area contributed by atoms with E-state index in [4.69, 9.17) is 0 Å². The van der Waals surface area contributed by atoms with Crippen molar-refractivity contribution in [3.63, 3.8) is 0 Å². The minimum atomic E-state index is -0.948. The summed E-state index contributed by atoms with van der Waals surface area (Å²) in [5, 5.41) is 3.45. The van der Waals surface area contributed by atoms with E-state index in [0.29, 0.717) is 12.5 Å². The Balaban J connectivity index is 2.54. The van der Waals surface area contributed by atoms with Crippen LogP contribution in [0.2, 0.25) is 0 Å². The molecule has 0 saturated heterocycles. The molecular weight excluding hydrogens is 292 g/mol. The molecule has 0 bridgehead atoms. The van der Waals surface area contributed by atoms with Crippen LogP contribution in [0.1, 0.15) is 12.5 Å². The summed E-state index contributed by atoms with van der Waals surface area (Å²) in [5.41, 5.74) is 0.0778. The average molecular weight is 306 g/mol. The molecule has 0 fully saturated rings. The molecule has 1 unspecified atom stereocenters. The Kier molecular flexibility index (Phi) is 5.55. The van der Waals surface area contributed by atoms with Gasteiger partial charge in [-0.1, -0.05) is 35.0 Å². The topological polar surface area (TPSA) is 29.1 Å². The Hall–Kier alpha value is -0.970. The van der Waals surface area contributed by atoms with Crippen molar-refractivity contribution < 1.29 is 13.6 Å². The van der Waals surface area contributed by atoms with Crippen LogP contribution in [0.5, 0.6) is 0 Å². The van der Waals surface area contributed by atoms with Crippen LogP contribution >= 0.6 is 15.9 Å². The highest BCUT2D eigenvalue weighted by atomic mass is 79.9. The van der Waals surface area contributed by atoms with E-state index in [1.807, 2.05) is 6.92 Å². The summed E-state index contributed by atoms with van der Waals surface area (Å²) in [4.78, 5) is 11.5. The van der Waals surface area contributed by atoms with Gasteiger partial charge in [0.1, 0.15) is 0 Å². The first-order valence-electron chi connectivity index (χ1n) is 5.30. The highest BCUT2D eigenvalue weighted by Gasteiger charge is 2.11. The van der Waals surface area contributed by atoms with Crippen molar-refractivity contribution in [1.29, 1.82) is 0 Å². The van der Waals surface area contributed by atoms with E-state index < -0.39 is 11.6 Å². The van der Waals surface area contributed by atoms with Gasteiger partial charge in [-0.3, -0.25) is 4.79 Å². The van der Waals surface area contributed by atoms with Crippen LogP contribution in [-0.2, 0) is 11.2 Å². The van der Waals surface area contributed by atoms with Crippen molar-refractivity contribution in [2.24, 2.45) is 5.92 Å². The lowest BCUT2D eigenvalue weighted by Crippen LogP contribution is -2.30. The molecule has 1 amide bonds. The molecule has 1 aromatic rings. The molecule has 1 aromatic carbocycles. The average Bonchev–Trinajstić information content (AvgIpc) is 2.32. The lowest BCUT2D eigenvalue weighted by Gasteiger charge is -2.09. The van der Waals surface area contributed by atoms with Crippen LogP contribution in [0, 0.1) is 17.6 Å². The number of carbonyl (C=O) groups excluding carboxylic acids is 1. The van der Waals surface area contributed by atoms with Crippen LogP contribution in [0.25, 0.3) is 0 Å². The van der Waals surface area contributed by atoms with E-state index in [0.717, 1.165) is 11.4 Å². The van der Waals surface area contributed by atoms with Crippen molar-refractivity contribution in [2.75, 3.05) is 11.9 Å². The van der Waals surface area contributed by atoms with Gasteiger partial charge >= 0.3 is 0 Å². The number of halogens is 3. The molecule has 1 atom stereocenters. The minimum Gasteiger partial charge on any atom is -0.356 e. The maximum absolute atomic E-state index is 13.3. The third-order valence-corrected chi connectivity index (χ3v) is 3.40. The van der Waals surface area contributed by atoms with Crippen molar-refractivity contribution >= 4 is 21.8 Å². The van der Waals surface area contributed by atoms with E-state index in [1.165, 1.54) is 12.1 Å². The van der Waals surface area contributed by atoms with Crippen molar-refractivity contribution in [3.05, 3.63) is 35.4 Å². The number of hydrogen-bond donors (Lipinski definition) is 1. The van der Waals surface area contributed by atoms with Crippen LogP contribution in [0.3, 0.4) is 0 Å². The Morgan fingerprint density at radius 1 is 1.47 bits per heavy atom. The summed E-state index contributed by atoms with van der Waals surface area (Å²) in [6.45, 7) is 2.48. The van der Waals surface area contributed by atoms with E-state index in [2.05, 4.69) is 21.2 Å². The second-order valence-electron chi connectivity index (χ2n) is 3.95. The van der Waals surface area contributed by atoms with Gasteiger partial charge in [-0.2, -0.15) is 0 Å². The predicted octanol–water partition coefficient (Wildman–Crippen LogP) is 2.65. The third-order valence-electron chi connectivity index (χ3n) is 2.29. The molecule has 0 saturated carbocycles. The summed E-state index contributed by atoms with van der Waals surface area (Å²) >= 11 is 3.29. The fourth-order valence-electron chi connectivity index (χ4n) is 1.26. The van der Waals surface area contributed by atoms with Crippen molar-refractivity contribution in [1.82, 2.24) is 5.32 Å². The maximum Gasteiger partial charge on any atom is 0.224 e. The van der Waals surface area contributed by atoms with Gasteiger partial charge in [0.25, 0.3) is 0 Å². The number of nitrogens with one attached hydrogen (secondary N) is 1. The van der Waals surface area contributed by atoms with Gasteiger partial charge < -0.3 is 5.32 Å². The van der Waals surface area contributed by atoms with E-state index in [9.17, 15) is 13.6 Å². The molecular formula is C12H14BrF2NO. The minimum absolute atomic E-state index is 0.0778. The van der Waals surface area contributed by atoms with Gasteiger partial charge in [-0.05, 0) is 12.0 Å². The van der Waals surface area contributed by atoms with Gasteiger partial charge in [0.05, 0.1) is 6.42 Å². The quantitative estimate of drug-likeness (QED) is 0.833. The fraction of sp³-hybridized carbons (Fsp3) is 0.417. The first-order chi connectivity index (χ1) is 8.04. The van der Waals surface area contributed by atoms with E-state index in [1.54, 1.807) is 0 Å². The smallest absolute Gasteiger partial charge is 0.224 e. The Morgan fingerprint density at radius 3 is 2.82 bits per heavy atom. The lowest BCUT2D eigenvalue weighted by atomic mass is 10.1. The van der Waals surface area contributed by atoms with Gasteiger partial charge in [0.15, 0.2) is 11.6 Å². The zero-order valence-corrected chi connectivity index (χ0v) is 11.1. The first kappa shape index (κ1) is 14.1. The zero-order valence-electron chi connectivity index (χ0n) is 9.47. The van der Waals surface area contributed by atoms with Crippen LogP contribution < -0.4 is 5.32 Å². The SMILES string of the molecule is CC(CBr)CNC(=O)Cc1cccc(F)c1F. The molecule has 0 aliphatic rings. The Bertz CT molecular complexity index is 398. The van der Waals surface area contributed by atoms with Crippen molar-refractivity contribution in [3.8, 4) is 0 Å². The highest BCUT2D eigenvalue weighted by Crippen LogP contribution is 2.11. The van der Waals surface area contributed by atoms with Crippen molar-refractivity contribution in [2.45, 2.75) is 13.3 Å². The molecule has 0 radical (unpaired) electrons. The second-order valence-corrected chi connectivity index (χ2v) is 4.60. The Morgan fingerprint density at radius 2 is 2.18 bits per heavy atom. The number of rotatable bonds is 5. The molecule has 94 valence electrons. The van der Waals surface area contributed by atoms with Crippen LogP contribution in [0.4, 0.5) is 8.78 Å². The zero-order chi connectivity index (χ0) is 12.8. The molecule has 5 heteroatoms. The van der Waals surface area contributed by atoms with E-state index in [-0.39, 0.29) is 17.9 Å². The lowest BCUT2D eigenvalue weighted by molar-refractivity contribution is -0.120. The van der Waals surface area contributed by atoms with Gasteiger partial charge in [0.2, 0.25) is 5.91 Å². The summed E-state index contributed by atoms with van der Waals surface area (Å²) in [7, 11) is 0. The summed E-state index contributed by atoms with van der Waals surface area (Å²) in [6, 6.07) is 3.83. The monoisotopic (exact) mass is 305 g/mol. The third kappa shape index (κ3) is 4.42. The molecule has 0 heterocycles. The molecule has 0 aromatic heterocycles. The predicted molar refractivity (Wildman–Crippen MR) is 66.0 cm³/mol. The van der Waals surface area contributed by atoms with Gasteiger partial charge in [-0.15, -0.1) is 0 Å². The molecule has 2 nitrogen and oxygen atoms in total. The number of hydrogen-bond acceptors (Lipinski definition) is 1. The standard InChI is InChI=1S/C12H14BrF2NO/c1-8(6-13)7-16-11(17)5-9-3-2-4-10(14)12(9)15/h2-4,8H,5-7H2,1H3,(H,16,17). The number of benzene rings is 1. The largest absolute Gasteiger partial charge is 0.356 e. The fourth-order valence-corrected chi connectivity index (χ4v) is 1.49. The van der Waals surface area contributed by atoms with Gasteiger partial charge in [-0.25, -0.2) is 8.78 Å². The van der Waals surface area contributed by atoms with Crippen LogP contribution in [-0.4, -0.2) is 17.8 Å². The Labute approximate surface area is 108 Å². The molecule has 0 spiro atoms. The highest BCUT2D eigenvalue weighted by molar-refractivity contribution is 9.09. The number of amides is 1. The molecule has 0 aliphatic carbocycles. The van der Waals surface area contributed by atoms with Crippen LogP contribution in [0.15, 0.2) is 18.2 Å². The van der Waals surface area contributed by atoms with E-state index >= 15 is 0 Å². The molecule has 1 rings (SSSR count). The normalized spacial score (nSPS) is 12.2. The second kappa shape index (κ2) is 6.69. The molecule has 1 N–H and O–H groups in total. The summed E-state index contributed by atoms with van der Waals surface area (Å²) in [6.07, 6.45) is -0.140. The maximum atomic E-state index is 13.3. The number of alkyl halides is 1. The first-order valence-corrected chi connectivity index (χ1v) is 6.42. The molecule has 17 heavy (non-hydrogen) atoms. The number of carbonyl (C=O) groups is 1. The summed E-state index contributed by atoms with van der Waals surface area (Å²) in [5.74, 6) is -1.88. The summed E-state index contributed by atoms with van der Waals surface area (Å²) < 4.78 is 26.1. The molecule has 0 aliphatic heterocycles. The van der Waals surface area contributed by atoms with Gasteiger partial charge in [0, 0.05) is 17.4 Å².